The maximum Gasteiger partial charge on any atom is 0.414 e. The van der Waals surface area contributed by atoms with Crippen molar-refractivity contribution >= 4 is 35.2 Å². The van der Waals surface area contributed by atoms with Gasteiger partial charge < -0.3 is 14.7 Å². The SMILES string of the molecule is CC[C@H](CC1CN(c2ccc(N3CCCSCC3)c(F)c2)C(=O)O1)C(=O)O. The number of anilines is 2. The molecule has 8 heteroatoms. The third kappa shape index (κ3) is 4.66. The number of aliphatic carboxylic acids is 1. The lowest BCUT2D eigenvalue weighted by Gasteiger charge is -2.24. The molecule has 2 aliphatic heterocycles. The highest BCUT2D eigenvalue weighted by Crippen LogP contribution is 2.30. The zero-order chi connectivity index (χ0) is 19.4. The Kier molecular flexibility index (Phi) is 6.46. The summed E-state index contributed by atoms with van der Waals surface area (Å²) >= 11 is 1.88. The minimum atomic E-state index is -0.891. The van der Waals surface area contributed by atoms with Crippen LogP contribution < -0.4 is 9.80 Å². The van der Waals surface area contributed by atoms with Gasteiger partial charge in [-0.1, -0.05) is 6.92 Å². The topological polar surface area (TPSA) is 70.1 Å². The summed E-state index contributed by atoms with van der Waals surface area (Å²) in [7, 11) is 0. The Bertz CT molecular complexity index is 694. The number of amides is 1. The average molecular weight is 396 g/mol. The predicted octanol–water partition coefficient (Wildman–Crippen LogP) is 3.60. The molecule has 27 heavy (non-hydrogen) atoms. The fourth-order valence-corrected chi connectivity index (χ4v) is 4.41. The van der Waals surface area contributed by atoms with E-state index < -0.39 is 24.1 Å². The van der Waals surface area contributed by atoms with E-state index in [-0.39, 0.29) is 18.8 Å². The molecule has 2 saturated heterocycles. The maximum absolute atomic E-state index is 14.7. The summed E-state index contributed by atoms with van der Waals surface area (Å²) in [4.78, 5) is 26.8. The fourth-order valence-electron chi connectivity index (χ4n) is 3.52. The summed E-state index contributed by atoms with van der Waals surface area (Å²) in [6.07, 6.45) is 0.706. The number of cyclic esters (lactones) is 1. The molecule has 0 spiro atoms. The molecule has 2 fully saturated rings. The third-order valence-corrected chi connectivity index (χ3v) is 6.12. The highest BCUT2D eigenvalue weighted by molar-refractivity contribution is 7.99. The van der Waals surface area contributed by atoms with Crippen LogP contribution in [0.3, 0.4) is 0 Å². The molecule has 1 aromatic rings. The number of rotatable bonds is 6. The van der Waals surface area contributed by atoms with E-state index in [9.17, 15) is 19.1 Å². The monoisotopic (exact) mass is 396 g/mol. The van der Waals surface area contributed by atoms with Gasteiger partial charge in [-0.15, -0.1) is 0 Å². The van der Waals surface area contributed by atoms with E-state index in [1.54, 1.807) is 19.1 Å². The minimum Gasteiger partial charge on any atom is -0.481 e. The Morgan fingerprint density at radius 2 is 2.22 bits per heavy atom. The second kappa shape index (κ2) is 8.82. The van der Waals surface area contributed by atoms with Crippen LogP contribution in [-0.2, 0) is 9.53 Å². The second-order valence-electron chi connectivity index (χ2n) is 6.88. The molecule has 0 aromatic heterocycles. The van der Waals surface area contributed by atoms with Crippen LogP contribution in [0.2, 0.25) is 0 Å². The van der Waals surface area contributed by atoms with Crippen LogP contribution in [0.25, 0.3) is 0 Å². The Balaban J connectivity index is 1.70. The smallest absolute Gasteiger partial charge is 0.414 e. The molecular formula is C19H25FN2O4S. The molecule has 3 rings (SSSR count). The number of hydrogen-bond donors (Lipinski definition) is 1. The molecule has 0 radical (unpaired) electrons. The lowest BCUT2D eigenvalue weighted by Crippen LogP contribution is -2.28. The maximum atomic E-state index is 14.7. The van der Waals surface area contributed by atoms with Crippen molar-refractivity contribution in [3.63, 3.8) is 0 Å². The summed E-state index contributed by atoms with van der Waals surface area (Å²) < 4.78 is 20.0. The summed E-state index contributed by atoms with van der Waals surface area (Å²) in [5.41, 5.74) is 0.999. The predicted molar refractivity (Wildman–Crippen MR) is 104 cm³/mol. The van der Waals surface area contributed by atoms with Crippen LogP contribution in [0.15, 0.2) is 18.2 Å². The van der Waals surface area contributed by atoms with Crippen LogP contribution in [0.5, 0.6) is 0 Å². The molecule has 0 aliphatic carbocycles. The number of halogens is 1. The van der Waals surface area contributed by atoms with E-state index in [0.717, 1.165) is 31.0 Å². The van der Waals surface area contributed by atoms with Crippen LogP contribution in [0.1, 0.15) is 26.2 Å². The first-order valence-electron chi connectivity index (χ1n) is 9.32. The summed E-state index contributed by atoms with van der Waals surface area (Å²) in [5.74, 6) is 0.268. The van der Waals surface area contributed by atoms with Gasteiger partial charge >= 0.3 is 12.1 Å². The number of nitrogens with zero attached hydrogens (tertiary/aromatic N) is 2. The third-order valence-electron chi connectivity index (χ3n) is 5.07. The molecule has 1 amide bonds. The first-order valence-corrected chi connectivity index (χ1v) is 10.5. The fraction of sp³-hybridized carbons (Fsp3) is 0.579. The van der Waals surface area contributed by atoms with Crippen molar-refractivity contribution in [2.24, 2.45) is 5.92 Å². The van der Waals surface area contributed by atoms with Gasteiger partial charge in [-0.3, -0.25) is 9.69 Å². The van der Waals surface area contributed by atoms with Crippen LogP contribution >= 0.6 is 11.8 Å². The number of hydrogen-bond acceptors (Lipinski definition) is 5. The van der Waals surface area contributed by atoms with Crippen molar-refractivity contribution in [2.45, 2.75) is 32.3 Å². The van der Waals surface area contributed by atoms with Crippen LogP contribution in [0.4, 0.5) is 20.6 Å². The lowest BCUT2D eigenvalue weighted by atomic mass is 9.99. The van der Waals surface area contributed by atoms with Crippen molar-refractivity contribution in [3.8, 4) is 0 Å². The molecule has 6 nitrogen and oxygen atoms in total. The molecule has 2 heterocycles. The zero-order valence-electron chi connectivity index (χ0n) is 15.4. The summed E-state index contributed by atoms with van der Waals surface area (Å²) in [6, 6.07) is 4.81. The van der Waals surface area contributed by atoms with Gasteiger partial charge in [0.05, 0.1) is 23.8 Å². The highest BCUT2D eigenvalue weighted by Gasteiger charge is 2.35. The Hall–Kier alpha value is -1.96. The number of thioether (sulfide) groups is 1. The van der Waals surface area contributed by atoms with Crippen LogP contribution in [-0.4, -0.2) is 54.4 Å². The van der Waals surface area contributed by atoms with Gasteiger partial charge in [-0.25, -0.2) is 9.18 Å². The van der Waals surface area contributed by atoms with Crippen molar-refractivity contribution in [3.05, 3.63) is 24.0 Å². The first kappa shape index (κ1) is 19.8. The normalized spacial score (nSPS) is 21.7. The summed E-state index contributed by atoms with van der Waals surface area (Å²) in [6.45, 7) is 3.66. The van der Waals surface area contributed by atoms with Crippen molar-refractivity contribution in [2.75, 3.05) is 40.9 Å². The Morgan fingerprint density at radius 1 is 1.41 bits per heavy atom. The lowest BCUT2D eigenvalue weighted by molar-refractivity contribution is -0.142. The molecule has 148 valence electrons. The van der Waals surface area contributed by atoms with Gasteiger partial charge in [0.15, 0.2) is 0 Å². The van der Waals surface area contributed by atoms with Gasteiger partial charge in [-0.2, -0.15) is 11.8 Å². The molecule has 1 aromatic carbocycles. The number of benzene rings is 1. The van der Waals surface area contributed by atoms with Gasteiger partial charge in [0.1, 0.15) is 11.9 Å². The molecule has 1 unspecified atom stereocenters. The second-order valence-corrected chi connectivity index (χ2v) is 8.11. The molecule has 2 atom stereocenters. The highest BCUT2D eigenvalue weighted by atomic mass is 32.2. The van der Waals surface area contributed by atoms with E-state index in [4.69, 9.17) is 4.74 Å². The Morgan fingerprint density at radius 3 is 2.93 bits per heavy atom. The van der Waals surface area contributed by atoms with Crippen molar-refractivity contribution in [1.29, 1.82) is 0 Å². The van der Waals surface area contributed by atoms with Crippen molar-refractivity contribution in [1.82, 2.24) is 0 Å². The van der Waals surface area contributed by atoms with Gasteiger partial charge in [-0.05, 0) is 43.2 Å². The molecule has 2 aliphatic rings. The van der Waals surface area contributed by atoms with Crippen molar-refractivity contribution < 1.29 is 23.8 Å². The molecule has 0 saturated carbocycles. The number of ether oxygens (including phenoxy) is 1. The molecule has 1 N–H and O–H groups in total. The van der Waals surface area contributed by atoms with E-state index in [0.29, 0.717) is 17.8 Å². The quantitative estimate of drug-likeness (QED) is 0.792. The van der Waals surface area contributed by atoms with Crippen LogP contribution in [0, 0.1) is 11.7 Å². The first-order chi connectivity index (χ1) is 13.0. The number of carboxylic acids is 1. The standard InChI is InChI=1S/C19H25FN2O4S/c1-2-13(18(23)24)10-15-12-22(19(25)26-15)14-4-5-17(16(20)11-14)21-6-3-8-27-9-7-21/h4-5,11,13,15H,2-3,6-10,12H2,1H3,(H,23,24)/t13-,15?/m1/s1. The number of carbonyl (C=O) groups is 2. The van der Waals surface area contributed by atoms with E-state index in [1.165, 1.54) is 11.0 Å². The Labute approximate surface area is 162 Å². The van der Waals surface area contributed by atoms with E-state index in [2.05, 4.69) is 0 Å². The van der Waals surface area contributed by atoms with E-state index in [1.807, 2.05) is 16.7 Å². The minimum absolute atomic E-state index is 0.238. The summed E-state index contributed by atoms with van der Waals surface area (Å²) in [5, 5.41) is 9.18. The van der Waals surface area contributed by atoms with Gasteiger partial charge in [0.25, 0.3) is 0 Å². The number of carboxylic acid groups (broad SMARTS) is 1. The average Bonchev–Trinajstić information content (AvgIpc) is 2.83. The largest absolute Gasteiger partial charge is 0.481 e. The van der Waals surface area contributed by atoms with E-state index >= 15 is 0 Å². The van der Waals surface area contributed by atoms with Gasteiger partial charge in [0.2, 0.25) is 0 Å². The zero-order valence-corrected chi connectivity index (χ0v) is 16.2. The number of carbonyl (C=O) groups excluding carboxylic acids is 1. The molecule has 0 bridgehead atoms. The molecular weight excluding hydrogens is 371 g/mol. The van der Waals surface area contributed by atoms with Gasteiger partial charge in [0, 0.05) is 18.8 Å².